The van der Waals surface area contributed by atoms with Gasteiger partial charge >= 0.3 is 0 Å². The van der Waals surface area contributed by atoms with Gasteiger partial charge in [-0.1, -0.05) is 0 Å². The van der Waals surface area contributed by atoms with Crippen LogP contribution in [0.2, 0.25) is 0 Å². The largest absolute Gasteiger partial charge is 0.481 e. The van der Waals surface area contributed by atoms with Gasteiger partial charge in [-0.15, -0.1) is 0 Å². The van der Waals surface area contributed by atoms with Crippen molar-refractivity contribution in [2.75, 3.05) is 25.1 Å². The number of anilines is 1. The van der Waals surface area contributed by atoms with Crippen LogP contribution < -0.4 is 15.2 Å². The highest BCUT2D eigenvalue weighted by molar-refractivity contribution is 5.45. The second-order valence-corrected chi connectivity index (χ2v) is 7.40. The van der Waals surface area contributed by atoms with E-state index in [1.165, 1.54) is 12.8 Å². The lowest BCUT2D eigenvalue weighted by molar-refractivity contribution is 0.199. The molecular formula is C19H26N6O2. The molecule has 1 saturated carbocycles. The van der Waals surface area contributed by atoms with Crippen molar-refractivity contribution < 1.29 is 4.74 Å². The van der Waals surface area contributed by atoms with Crippen molar-refractivity contribution in [2.24, 2.45) is 7.05 Å². The molecule has 0 spiro atoms. The van der Waals surface area contributed by atoms with Crippen molar-refractivity contribution in [3.05, 3.63) is 40.8 Å². The predicted molar refractivity (Wildman–Crippen MR) is 102 cm³/mol. The highest BCUT2D eigenvalue weighted by Gasteiger charge is 2.36. The summed E-state index contributed by atoms with van der Waals surface area (Å²) in [6, 6.07) is 2.97. The monoisotopic (exact) mass is 370 g/mol. The first-order chi connectivity index (χ1) is 13.2. The molecule has 2 aromatic rings. The van der Waals surface area contributed by atoms with E-state index in [1.54, 1.807) is 37.6 Å². The van der Waals surface area contributed by atoms with Crippen LogP contribution in [0.4, 0.5) is 5.82 Å². The lowest BCUT2D eigenvalue weighted by atomic mass is 10.0. The normalized spacial score (nSPS) is 18.4. The maximum Gasteiger partial charge on any atom is 0.257 e. The average molecular weight is 370 g/mol. The number of likely N-dealkylation sites (tertiary alicyclic amines) is 1. The van der Waals surface area contributed by atoms with E-state index >= 15 is 0 Å². The molecule has 8 nitrogen and oxygen atoms in total. The lowest BCUT2D eigenvalue weighted by Crippen LogP contribution is -2.46. The maximum absolute atomic E-state index is 12.2. The minimum Gasteiger partial charge on any atom is -0.481 e. The number of rotatable bonds is 6. The Balaban J connectivity index is 1.42. The molecular weight excluding hydrogens is 344 g/mol. The Morgan fingerprint density at radius 3 is 2.63 bits per heavy atom. The Morgan fingerprint density at radius 1 is 1.19 bits per heavy atom. The van der Waals surface area contributed by atoms with Gasteiger partial charge in [0, 0.05) is 56.6 Å². The Kier molecular flexibility index (Phi) is 5.07. The maximum atomic E-state index is 12.2. The first-order valence-electron chi connectivity index (χ1n) is 9.52. The lowest BCUT2D eigenvalue weighted by Gasteiger charge is -2.39. The van der Waals surface area contributed by atoms with Crippen molar-refractivity contribution in [3.63, 3.8) is 0 Å². The molecule has 4 rings (SSSR count). The summed E-state index contributed by atoms with van der Waals surface area (Å²) in [6.45, 7) is 2.60. The van der Waals surface area contributed by atoms with Crippen LogP contribution in [0, 0.1) is 0 Å². The zero-order valence-electron chi connectivity index (χ0n) is 15.9. The number of methoxy groups -OCH3 is 1. The van der Waals surface area contributed by atoms with Crippen molar-refractivity contribution in [1.29, 1.82) is 0 Å². The van der Waals surface area contributed by atoms with E-state index < -0.39 is 0 Å². The summed E-state index contributed by atoms with van der Waals surface area (Å²) >= 11 is 0. The van der Waals surface area contributed by atoms with E-state index in [0.29, 0.717) is 24.5 Å². The van der Waals surface area contributed by atoms with Gasteiger partial charge in [0.15, 0.2) is 0 Å². The van der Waals surface area contributed by atoms with E-state index in [4.69, 9.17) is 4.74 Å². The van der Waals surface area contributed by atoms with Crippen LogP contribution in [-0.4, -0.2) is 56.7 Å². The summed E-state index contributed by atoms with van der Waals surface area (Å²) in [4.78, 5) is 29.8. The molecule has 0 N–H and O–H groups in total. The van der Waals surface area contributed by atoms with Crippen LogP contribution in [-0.2, 0) is 13.6 Å². The quantitative estimate of drug-likeness (QED) is 0.756. The van der Waals surface area contributed by atoms with Crippen LogP contribution in [0.3, 0.4) is 0 Å². The van der Waals surface area contributed by atoms with Gasteiger partial charge in [-0.25, -0.2) is 15.0 Å². The van der Waals surface area contributed by atoms with Crippen molar-refractivity contribution in [2.45, 2.75) is 44.3 Å². The molecule has 3 heterocycles. The molecule has 0 aromatic carbocycles. The fraction of sp³-hybridized carbons (Fsp3) is 0.579. The number of hydrogen-bond acceptors (Lipinski definition) is 7. The summed E-state index contributed by atoms with van der Waals surface area (Å²) in [5.41, 5.74) is 0.804. The van der Waals surface area contributed by atoms with Gasteiger partial charge in [0.1, 0.15) is 12.1 Å². The smallest absolute Gasteiger partial charge is 0.257 e. The molecule has 0 amide bonds. The van der Waals surface area contributed by atoms with Gasteiger partial charge in [0.25, 0.3) is 5.56 Å². The van der Waals surface area contributed by atoms with Crippen LogP contribution in [0.25, 0.3) is 0 Å². The third-order valence-electron chi connectivity index (χ3n) is 5.45. The minimum atomic E-state index is 0.0415. The van der Waals surface area contributed by atoms with Crippen LogP contribution in [0.15, 0.2) is 29.7 Å². The molecule has 0 radical (unpaired) electrons. The Labute approximate surface area is 158 Å². The topological polar surface area (TPSA) is 76.4 Å². The van der Waals surface area contributed by atoms with E-state index in [1.807, 2.05) is 6.07 Å². The molecule has 27 heavy (non-hydrogen) atoms. The Hall–Kier alpha value is -2.48. The minimum absolute atomic E-state index is 0.0415. The second-order valence-electron chi connectivity index (χ2n) is 7.40. The Morgan fingerprint density at radius 2 is 1.93 bits per heavy atom. The fourth-order valence-corrected chi connectivity index (χ4v) is 3.87. The third kappa shape index (κ3) is 3.95. The third-order valence-corrected chi connectivity index (χ3v) is 5.45. The average Bonchev–Trinajstić information content (AvgIpc) is 3.52. The van der Waals surface area contributed by atoms with Gasteiger partial charge in [-0.2, -0.15) is 0 Å². The molecule has 0 bridgehead atoms. The van der Waals surface area contributed by atoms with Crippen LogP contribution >= 0.6 is 0 Å². The molecule has 1 aliphatic carbocycles. The van der Waals surface area contributed by atoms with Gasteiger partial charge in [0.05, 0.1) is 13.4 Å². The number of hydrogen-bond donors (Lipinski definition) is 0. The van der Waals surface area contributed by atoms with Gasteiger partial charge in [-0.05, 0) is 25.7 Å². The molecule has 0 unspecified atom stereocenters. The summed E-state index contributed by atoms with van der Waals surface area (Å²) in [6.07, 6.45) is 9.39. The second kappa shape index (κ2) is 7.64. The summed E-state index contributed by atoms with van der Waals surface area (Å²) in [5, 5.41) is 0. The molecule has 2 aliphatic rings. The van der Waals surface area contributed by atoms with E-state index in [-0.39, 0.29) is 5.56 Å². The first kappa shape index (κ1) is 17.9. The molecule has 0 atom stereocenters. The van der Waals surface area contributed by atoms with Crippen molar-refractivity contribution in [1.82, 2.24) is 24.4 Å². The highest BCUT2D eigenvalue weighted by atomic mass is 16.5. The Bertz CT molecular complexity index is 842. The molecule has 144 valence electrons. The number of nitrogens with zero attached hydrogens (tertiary/aromatic N) is 6. The first-order valence-corrected chi connectivity index (χ1v) is 9.52. The molecule has 1 saturated heterocycles. The van der Waals surface area contributed by atoms with Crippen LogP contribution in [0.1, 0.15) is 31.2 Å². The molecule has 1 aliphatic heterocycles. The zero-order valence-corrected chi connectivity index (χ0v) is 15.9. The standard InChI is InChI=1S/C19H26N6O2/c1-23-13-20-10-14(19(23)26)11-24-7-5-16(6-8-24)25(15-3-4-15)17-9-18(27-2)22-12-21-17/h9-10,12-13,15-16H,3-8,11H2,1-2H3. The number of aromatic nitrogens is 4. The van der Waals surface area contributed by atoms with Crippen molar-refractivity contribution >= 4 is 5.82 Å². The van der Waals surface area contributed by atoms with E-state index in [9.17, 15) is 4.79 Å². The van der Waals surface area contributed by atoms with Crippen LogP contribution in [0.5, 0.6) is 5.88 Å². The highest BCUT2D eigenvalue weighted by Crippen LogP contribution is 2.36. The van der Waals surface area contributed by atoms with Gasteiger partial charge in [0.2, 0.25) is 5.88 Å². The van der Waals surface area contributed by atoms with E-state index in [2.05, 4.69) is 24.8 Å². The molecule has 2 fully saturated rings. The zero-order chi connectivity index (χ0) is 18.8. The number of aryl methyl sites for hydroxylation is 1. The van der Waals surface area contributed by atoms with Crippen molar-refractivity contribution in [3.8, 4) is 5.88 Å². The number of piperidine rings is 1. The van der Waals surface area contributed by atoms with Gasteiger partial charge in [-0.3, -0.25) is 9.69 Å². The summed E-state index contributed by atoms with van der Waals surface area (Å²) in [5.74, 6) is 1.57. The summed E-state index contributed by atoms with van der Waals surface area (Å²) in [7, 11) is 3.38. The number of ether oxygens (including phenoxy) is 1. The molecule has 2 aromatic heterocycles. The predicted octanol–water partition coefficient (Wildman–Crippen LogP) is 1.21. The fourth-order valence-electron chi connectivity index (χ4n) is 3.87. The molecule has 8 heteroatoms. The van der Waals surface area contributed by atoms with Gasteiger partial charge < -0.3 is 14.2 Å². The SMILES string of the molecule is COc1cc(N(C2CC2)C2CCN(Cc3cncn(C)c3=O)CC2)ncn1. The summed E-state index contributed by atoms with van der Waals surface area (Å²) < 4.78 is 6.81. The van der Waals surface area contributed by atoms with E-state index in [0.717, 1.165) is 37.3 Å².